The highest BCUT2D eigenvalue weighted by Crippen LogP contribution is 2.24. The van der Waals surface area contributed by atoms with Crippen molar-refractivity contribution in [2.75, 3.05) is 16.4 Å². The van der Waals surface area contributed by atoms with Gasteiger partial charge in [-0.05, 0) is 37.6 Å². The first-order valence-electron chi connectivity index (χ1n) is 6.66. The number of hydrogen-bond donors (Lipinski definition) is 3. The molecule has 104 valence electrons. The van der Waals surface area contributed by atoms with Crippen LogP contribution in [0.1, 0.15) is 18.1 Å². The second-order valence-corrected chi connectivity index (χ2v) is 5.05. The smallest absolute Gasteiger partial charge is 0.0616 e. The molecule has 0 fully saturated rings. The van der Waals surface area contributed by atoms with E-state index < -0.39 is 0 Å². The highest BCUT2D eigenvalue weighted by Gasteiger charge is 2.01. The van der Waals surface area contributed by atoms with Crippen molar-refractivity contribution in [3.8, 4) is 0 Å². The Morgan fingerprint density at radius 1 is 1.15 bits per heavy atom. The Morgan fingerprint density at radius 3 is 2.45 bits per heavy atom. The number of nitrogen functional groups attached to an aromatic ring is 1. The summed E-state index contributed by atoms with van der Waals surface area (Å²) < 4.78 is 0. The third-order valence-electron chi connectivity index (χ3n) is 3.02. The van der Waals surface area contributed by atoms with Crippen LogP contribution in [0, 0.1) is 6.92 Å². The fourth-order valence-electron chi connectivity index (χ4n) is 1.93. The maximum absolute atomic E-state index is 6.01. The van der Waals surface area contributed by atoms with Gasteiger partial charge in [-0.25, -0.2) is 0 Å². The summed E-state index contributed by atoms with van der Waals surface area (Å²) in [5, 5.41) is 6.50. The number of nitrogens with one attached hydrogen (secondary N) is 2. The van der Waals surface area contributed by atoms with E-state index in [-0.39, 0.29) is 0 Å². The molecular formula is C17H21N3. The Balaban J connectivity index is 2.01. The van der Waals surface area contributed by atoms with Crippen LogP contribution in [-0.2, 0) is 6.54 Å². The highest BCUT2D eigenvalue weighted by atomic mass is 14.9. The summed E-state index contributed by atoms with van der Waals surface area (Å²) in [6, 6.07) is 14.4. The molecule has 0 heterocycles. The summed E-state index contributed by atoms with van der Waals surface area (Å²) >= 11 is 0. The summed E-state index contributed by atoms with van der Waals surface area (Å²) in [5.41, 5.74) is 12.0. The number of allylic oxidation sites excluding steroid dienone is 1. The van der Waals surface area contributed by atoms with Crippen LogP contribution in [0.2, 0.25) is 0 Å². The molecule has 2 aromatic carbocycles. The molecule has 0 aliphatic carbocycles. The summed E-state index contributed by atoms with van der Waals surface area (Å²) in [7, 11) is 0. The average Bonchev–Trinajstić information content (AvgIpc) is 2.40. The molecule has 0 atom stereocenters. The largest absolute Gasteiger partial charge is 0.397 e. The summed E-state index contributed by atoms with van der Waals surface area (Å²) in [6.45, 7) is 8.59. The van der Waals surface area contributed by atoms with E-state index >= 15 is 0 Å². The molecular weight excluding hydrogens is 246 g/mol. The first-order valence-corrected chi connectivity index (χ1v) is 6.66. The van der Waals surface area contributed by atoms with E-state index in [0.29, 0.717) is 5.69 Å². The summed E-state index contributed by atoms with van der Waals surface area (Å²) in [6.07, 6.45) is 0. The number of anilines is 3. The van der Waals surface area contributed by atoms with Crippen molar-refractivity contribution < 1.29 is 0 Å². The van der Waals surface area contributed by atoms with Crippen LogP contribution >= 0.6 is 0 Å². The van der Waals surface area contributed by atoms with Crippen molar-refractivity contribution in [1.29, 1.82) is 0 Å². The Morgan fingerprint density at radius 2 is 1.85 bits per heavy atom. The van der Waals surface area contributed by atoms with Gasteiger partial charge in [0, 0.05) is 17.9 Å². The van der Waals surface area contributed by atoms with Crippen molar-refractivity contribution >= 4 is 17.1 Å². The molecule has 0 spiro atoms. The molecule has 2 rings (SSSR count). The Labute approximate surface area is 120 Å². The van der Waals surface area contributed by atoms with Crippen LogP contribution in [0.3, 0.4) is 0 Å². The molecule has 0 aliphatic rings. The zero-order valence-corrected chi connectivity index (χ0v) is 12.0. The van der Waals surface area contributed by atoms with Crippen LogP contribution in [0.25, 0.3) is 0 Å². The summed E-state index contributed by atoms with van der Waals surface area (Å²) in [5.74, 6) is 0. The second-order valence-electron chi connectivity index (χ2n) is 5.05. The summed E-state index contributed by atoms with van der Waals surface area (Å²) in [4.78, 5) is 0. The maximum atomic E-state index is 6.01. The second kappa shape index (κ2) is 6.15. The minimum absolute atomic E-state index is 0.710. The predicted molar refractivity (Wildman–Crippen MR) is 87.8 cm³/mol. The fourth-order valence-corrected chi connectivity index (χ4v) is 1.93. The molecule has 0 amide bonds. The van der Waals surface area contributed by atoms with Crippen LogP contribution in [-0.4, -0.2) is 0 Å². The van der Waals surface area contributed by atoms with Crippen molar-refractivity contribution in [1.82, 2.24) is 0 Å². The molecule has 0 saturated heterocycles. The number of nitrogens with two attached hydrogens (primary N) is 1. The molecule has 0 unspecified atom stereocenters. The molecule has 0 radical (unpaired) electrons. The first kappa shape index (κ1) is 14.0. The maximum Gasteiger partial charge on any atom is 0.0616 e. The van der Waals surface area contributed by atoms with Gasteiger partial charge in [0.2, 0.25) is 0 Å². The Hall–Kier alpha value is -2.42. The zero-order chi connectivity index (χ0) is 14.5. The van der Waals surface area contributed by atoms with Crippen molar-refractivity contribution in [2.45, 2.75) is 20.4 Å². The minimum Gasteiger partial charge on any atom is -0.397 e. The van der Waals surface area contributed by atoms with Gasteiger partial charge in [0.15, 0.2) is 0 Å². The zero-order valence-electron chi connectivity index (χ0n) is 12.0. The molecule has 4 N–H and O–H groups in total. The molecule has 3 nitrogen and oxygen atoms in total. The first-order chi connectivity index (χ1) is 9.54. The third-order valence-corrected chi connectivity index (χ3v) is 3.02. The SMILES string of the molecule is C=C(C)Nc1ccc(NCc2ccc(C)cc2)cc1N. The number of hydrogen-bond acceptors (Lipinski definition) is 3. The van der Waals surface area contributed by atoms with Crippen LogP contribution < -0.4 is 16.4 Å². The topological polar surface area (TPSA) is 50.1 Å². The van der Waals surface area contributed by atoms with Crippen molar-refractivity contribution in [2.24, 2.45) is 0 Å². The lowest BCUT2D eigenvalue weighted by atomic mass is 10.1. The Kier molecular flexibility index (Phi) is 4.31. The van der Waals surface area contributed by atoms with Gasteiger partial charge in [0.25, 0.3) is 0 Å². The van der Waals surface area contributed by atoms with Gasteiger partial charge in [0.1, 0.15) is 0 Å². The predicted octanol–water partition coefficient (Wildman–Crippen LogP) is 4.13. The van der Waals surface area contributed by atoms with Crippen LogP contribution in [0.15, 0.2) is 54.7 Å². The quantitative estimate of drug-likeness (QED) is 0.714. The van der Waals surface area contributed by atoms with Crippen molar-refractivity contribution in [3.05, 3.63) is 65.9 Å². The van der Waals surface area contributed by atoms with E-state index in [1.807, 2.05) is 25.1 Å². The Bertz CT molecular complexity index is 600. The molecule has 0 aromatic heterocycles. The van der Waals surface area contributed by atoms with Gasteiger partial charge in [0.05, 0.1) is 11.4 Å². The molecule has 0 bridgehead atoms. The normalized spacial score (nSPS) is 10.1. The monoisotopic (exact) mass is 267 g/mol. The van der Waals surface area contributed by atoms with E-state index in [2.05, 4.69) is 48.4 Å². The lowest BCUT2D eigenvalue weighted by Gasteiger charge is -2.12. The van der Waals surface area contributed by atoms with E-state index in [1.54, 1.807) is 0 Å². The fraction of sp³-hybridized carbons (Fsp3) is 0.176. The number of benzene rings is 2. The van der Waals surface area contributed by atoms with Gasteiger partial charge in [-0.3, -0.25) is 0 Å². The van der Waals surface area contributed by atoms with E-state index in [4.69, 9.17) is 5.73 Å². The van der Waals surface area contributed by atoms with Gasteiger partial charge in [-0.2, -0.15) is 0 Å². The molecule has 2 aromatic rings. The minimum atomic E-state index is 0.710. The van der Waals surface area contributed by atoms with Crippen LogP contribution in [0.5, 0.6) is 0 Å². The van der Waals surface area contributed by atoms with Gasteiger partial charge < -0.3 is 16.4 Å². The lowest BCUT2D eigenvalue weighted by molar-refractivity contribution is 1.14. The standard InChI is InChI=1S/C17H21N3/c1-12(2)20-17-9-8-15(10-16(17)18)19-11-14-6-4-13(3)5-7-14/h4-10,19-20H,1,11,18H2,2-3H3. The lowest BCUT2D eigenvalue weighted by Crippen LogP contribution is -2.02. The third kappa shape index (κ3) is 3.79. The molecule has 3 heteroatoms. The van der Waals surface area contributed by atoms with Crippen LogP contribution in [0.4, 0.5) is 17.1 Å². The van der Waals surface area contributed by atoms with Gasteiger partial charge in [-0.1, -0.05) is 36.4 Å². The average molecular weight is 267 g/mol. The molecule has 0 saturated carbocycles. The highest BCUT2D eigenvalue weighted by molar-refractivity contribution is 5.72. The molecule has 20 heavy (non-hydrogen) atoms. The van der Waals surface area contributed by atoms with Crippen molar-refractivity contribution in [3.63, 3.8) is 0 Å². The van der Waals surface area contributed by atoms with E-state index in [0.717, 1.165) is 23.6 Å². The van der Waals surface area contributed by atoms with E-state index in [9.17, 15) is 0 Å². The number of aryl methyl sites for hydroxylation is 1. The molecule has 0 aliphatic heterocycles. The van der Waals surface area contributed by atoms with E-state index in [1.165, 1.54) is 11.1 Å². The van der Waals surface area contributed by atoms with Gasteiger partial charge >= 0.3 is 0 Å². The van der Waals surface area contributed by atoms with Gasteiger partial charge in [-0.15, -0.1) is 0 Å². The number of rotatable bonds is 5.